The van der Waals surface area contributed by atoms with E-state index in [1.54, 1.807) is 24.3 Å². The van der Waals surface area contributed by atoms with Crippen LogP contribution < -0.4 is 10.6 Å². The Morgan fingerprint density at radius 1 is 1.17 bits per heavy atom. The van der Waals surface area contributed by atoms with Crippen molar-refractivity contribution in [2.24, 2.45) is 0 Å². The molecule has 23 heavy (non-hydrogen) atoms. The molecule has 0 saturated carbocycles. The Bertz CT molecular complexity index is 644. The molecule has 2 aromatic rings. The molecule has 1 aromatic carbocycles. The van der Waals surface area contributed by atoms with Gasteiger partial charge >= 0.3 is 0 Å². The van der Waals surface area contributed by atoms with E-state index < -0.39 is 0 Å². The molecule has 0 spiro atoms. The number of hydrogen-bond acceptors (Lipinski definition) is 4. The number of hydrogen-bond donors (Lipinski definition) is 2. The molecule has 5 nitrogen and oxygen atoms in total. The molecule has 1 unspecified atom stereocenters. The molecule has 2 N–H and O–H groups in total. The number of benzene rings is 1. The third-order valence-corrected chi connectivity index (χ3v) is 4.31. The van der Waals surface area contributed by atoms with E-state index in [4.69, 9.17) is 16.0 Å². The molecule has 1 heterocycles. The molecule has 122 valence electrons. The maximum Gasteiger partial charge on any atom is 0.287 e. The first kappa shape index (κ1) is 17.4. The highest BCUT2D eigenvalue weighted by molar-refractivity contribution is 8.00. The molecule has 0 aliphatic rings. The van der Waals surface area contributed by atoms with Gasteiger partial charge in [0.1, 0.15) is 0 Å². The minimum atomic E-state index is -0.298. The minimum Gasteiger partial charge on any atom is -0.459 e. The quantitative estimate of drug-likeness (QED) is 0.593. The van der Waals surface area contributed by atoms with Crippen LogP contribution >= 0.6 is 23.4 Å². The monoisotopic (exact) mass is 352 g/mol. The number of nitrogens with one attached hydrogen (secondary N) is 2. The highest BCUT2D eigenvalue weighted by Gasteiger charge is 2.14. The van der Waals surface area contributed by atoms with Crippen molar-refractivity contribution in [3.05, 3.63) is 53.4 Å². The van der Waals surface area contributed by atoms with Crippen LogP contribution in [-0.2, 0) is 4.79 Å². The fourth-order valence-electron chi connectivity index (χ4n) is 1.77. The lowest BCUT2D eigenvalue weighted by Gasteiger charge is -2.12. The zero-order chi connectivity index (χ0) is 16.7. The van der Waals surface area contributed by atoms with Gasteiger partial charge in [0.05, 0.1) is 11.5 Å². The maximum absolute atomic E-state index is 12.0. The third-order valence-electron chi connectivity index (χ3n) is 2.95. The van der Waals surface area contributed by atoms with E-state index in [1.807, 2.05) is 19.1 Å². The number of rotatable bonds is 7. The van der Waals surface area contributed by atoms with Gasteiger partial charge in [0.2, 0.25) is 5.91 Å². The van der Waals surface area contributed by atoms with Crippen molar-refractivity contribution in [1.29, 1.82) is 0 Å². The number of furan rings is 1. The zero-order valence-electron chi connectivity index (χ0n) is 12.5. The van der Waals surface area contributed by atoms with Gasteiger partial charge in [-0.2, -0.15) is 0 Å². The Kier molecular flexibility index (Phi) is 6.55. The van der Waals surface area contributed by atoms with Crippen molar-refractivity contribution < 1.29 is 14.0 Å². The lowest BCUT2D eigenvalue weighted by molar-refractivity contribution is -0.120. The molecule has 1 aromatic heterocycles. The Morgan fingerprint density at radius 2 is 1.87 bits per heavy atom. The normalized spacial score (nSPS) is 11.7. The van der Waals surface area contributed by atoms with E-state index in [2.05, 4.69) is 10.6 Å². The Labute approximate surface area is 143 Å². The predicted molar refractivity (Wildman–Crippen MR) is 90.8 cm³/mol. The summed E-state index contributed by atoms with van der Waals surface area (Å²) in [5.41, 5.74) is 0. The summed E-state index contributed by atoms with van der Waals surface area (Å²) >= 11 is 7.28. The van der Waals surface area contributed by atoms with Gasteiger partial charge in [0.25, 0.3) is 5.91 Å². The van der Waals surface area contributed by atoms with E-state index in [0.717, 1.165) is 4.90 Å². The molecule has 0 saturated heterocycles. The van der Waals surface area contributed by atoms with Gasteiger partial charge in [0.15, 0.2) is 5.76 Å². The second-order valence-corrected chi connectivity index (χ2v) is 6.59. The summed E-state index contributed by atoms with van der Waals surface area (Å²) in [6, 6.07) is 10.6. The van der Waals surface area contributed by atoms with Crippen molar-refractivity contribution in [2.45, 2.75) is 17.1 Å². The molecule has 2 rings (SSSR count). The smallest absolute Gasteiger partial charge is 0.287 e. The van der Waals surface area contributed by atoms with Crippen LogP contribution in [0.3, 0.4) is 0 Å². The fourth-order valence-corrected chi connectivity index (χ4v) is 2.79. The van der Waals surface area contributed by atoms with Crippen LogP contribution in [0, 0.1) is 0 Å². The topological polar surface area (TPSA) is 71.3 Å². The first-order valence-corrected chi connectivity index (χ1v) is 8.33. The van der Waals surface area contributed by atoms with Crippen molar-refractivity contribution in [1.82, 2.24) is 10.6 Å². The van der Waals surface area contributed by atoms with Crippen LogP contribution in [0.15, 0.2) is 52.0 Å². The summed E-state index contributed by atoms with van der Waals surface area (Å²) in [5, 5.41) is 5.88. The fraction of sp³-hybridized carbons (Fsp3) is 0.250. The van der Waals surface area contributed by atoms with Gasteiger partial charge in [-0.3, -0.25) is 9.59 Å². The number of carbonyl (C=O) groups is 2. The van der Waals surface area contributed by atoms with Gasteiger partial charge in [-0.25, -0.2) is 0 Å². The predicted octanol–water partition coefficient (Wildman–Crippen LogP) is 2.96. The highest BCUT2D eigenvalue weighted by atomic mass is 35.5. The van der Waals surface area contributed by atoms with E-state index in [0.29, 0.717) is 18.1 Å². The van der Waals surface area contributed by atoms with E-state index in [-0.39, 0.29) is 22.8 Å². The Balaban J connectivity index is 1.67. The van der Waals surface area contributed by atoms with Gasteiger partial charge in [0, 0.05) is 23.0 Å². The Morgan fingerprint density at radius 3 is 2.52 bits per heavy atom. The number of amides is 2. The highest BCUT2D eigenvalue weighted by Crippen LogP contribution is 2.24. The largest absolute Gasteiger partial charge is 0.459 e. The second-order valence-electron chi connectivity index (χ2n) is 4.74. The van der Waals surface area contributed by atoms with Gasteiger partial charge < -0.3 is 15.1 Å². The maximum atomic E-state index is 12.0. The third kappa shape index (κ3) is 5.65. The van der Waals surface area contributed by atoms with Crippen molar-refractivity contribution in [3.63, 3.8) is 0 Å². The van der Waals surface area contributed by atoms with Crippen LogP contribution in [0.25, 0.3) is 0 Å². The molecule has 1 atom stereocenters. The van der Waals surface area contributed by atoms with Crippen LogP contribution in [0.2, 0.25) is 5.02 Å². The molecule has 0 bridgehead atoms. The van der Waals surface area contributed by atoms with Gasteiger partial charge in [-0.1, -0.05) is 11.6 Å². The van der Waals surface area contributed by atoms with Crippen LogP contribution in [0.1, 0.15) is 17.5 Å². The number of halogens is 1. The summed E-state index contributed by atoms with van der Waals surface area (Å²) in [5.74, 6) is -0.131. The number of thioether (sulfide) groups is 1. The van der Waals surface area contributed by atoms with Crippen molar-refractivity contribution in [3.8, 4) is 0 Å². The van der Waals surface area contributed by atoms with E-state index in [9.17, 15) is 9.59 Å². The lowest BCUT2D eigenvalue weighted by atomic mass is 10.4. The molecular weight excluding hydrogens is 336 g/mol. The average Bonchev–Trinajstić information content (AvgIpc) is 3.07. The first-order valence-electron chi connectivity index (χ1n) is 7.08. The standard InChI is InChI=1S/C16H17ClN2O3S/c1-11(23-13-6-4-12(17)5-7-13)15(20)18-8-9-19-16(21)14-3-2-10-22-14/h2-7,10-11H,8-9H2,1H3,(H,18,20)(H,19,21). The van der Waals surface area contributed by atoms with Crippen LogP contribution in [0.5, 0.6) is 0 Å². The van der Waals surface area contributed by atoms with E-state index >= 15 is 0 Å². The van der Waals surface area contributed by atoms with Crippen molar-refractivity contribution >= 4 is 35.2 Å². The molecule has 0 aliphatic carbocycles. The summed E-state index contributed by atoms with van der Waals surface area (Å²) in [4.78, 5) is 24.6. The minimum absolute atomic E-state index is 0.0859. The van der Waals surface area contributed by atoms with Gasteiger partial charge in [-0.15, -0.1) is 11.8 Å². The number of carbonyl (C=O) groups excluding carboxylic acids is 2. The lowest BCUT2D eigenvalue weighted by Crippen LogP contribution is -2.37. The average molecular weight is 353 g/mol. The Hall–Kier alpha value is -1.92. The summed E-state index contributed by atoms with van der Waals surface area (Å²) in [6.07, 6.45) is 1.44. The SMILES string of the molecule is CC(Sc1ccc(Cl)cc1)C(=O)NCCNC(=O)c1ccco1. The van der Waals surface area contributed by atoms with Gasteiger partial charge in [-0.05, 0) is 43.3 Å². The van der Waals surface area contributed by atoms with Crippen LogP contribution in [0.4, 0.5) is 0 Å². The summed E-state index contributed by atoms with van der Waals surface area (Å²) < 4.78 is 4.97. The first-order chi connectivity index (χ1) is 11.1. The van der Waals surface area contributed by atoms with E-state index in [1.165, 1.54) is 18.0 Å². The van der Waals surface area contributed by atoms with Crippen LogP contribution in [-0.4, -0.2) is 30.2 Å². The molecule has 0 aliphatic heterocycles. The molecule has 0 fully saturated rings. The molecule has 0 radical (unpaired) electrons. The molecule has 7 heteroatoms. The molecule has 2 amide bonds. The second kappa shape index (κ2) is 8.64. The van der Waals surface area contributed by atoms with Crippen molar-refractivity contribution in [2.75, 3.05) is 13.1 Å². The molecular formula is C16H17ClN2O3S. The summed E-state index contributed by atoms with van der Waals surface area (Å²) in [6.45, 7) is 2.52. The zero-order valence-corrected chi connectivity index (χ0v) is 14.1. The summed E-state index contributed by atoms with van der Waals surface area (Å²) in [7, 11) is 0.